The maximum Gasteiger partial charge on any atom is 0.163 e. The Morgan fingerprint density at radius 3 is 2.77 bits per heavy atom. The summed E-state index contributed by atoms with van der Waals surface area (Å²) < 4.78 is 11.4. The number of hydrogen-bond donors (Lipinski definition) is 1. The lowest BCUT2D eigenvalue weighted by atomic mass is 10.1. The van der Waals surface area contributed by atoms with Gasteiger partial charge in [0.05, 0.1) is 12.6 Å². The van der Waals surface area contributed by atoms with Crippen LogP contribution in [0.3, 0.4) is 0 Å². The van der Waals surface area contributed by atoms with Gasteiger partial charge in [0, 0.05) is 6.54 Å². The number of likely N-dealkylation sites (N-methyl/N-ethyl adjacent to an activating group) is 1. The minimum Gasteiger partial charge on any atom is -0.395 e. The van der Waals surface area contributed by atoms with Crippen LogP contribution in [0, 0.1) is 0 Å². The summed E-state index contributed by atoms with van der Waals surface area (Å²) in [6.07, 6.45) is 0.155. The Bertz CT molecular complexity index is 207. The predicted octanol–water partition coefficient (Wildman–Crippen LogP) is -0.187. The van der Waals surface area contributed by atoms with E-state index >= 15 is 0 Å². The number of aliphatic hydroxyl groups excluding tert-OH is 1. The summed E-state index contributed by atoms with van der Waals surface area (Å²) in [5.41, 5.74) is 0. The minimum absolute atomic E-state index is 0.0324. The van der Waals surface area contributed by atoms with Crippen molar-refractivity contribution >= 4 is 0 Å². The van der Waals surface area contributed by atoms with Crippen molar-refractivity contribution in [2.45, 2.75) is 37.9 Å². The van der Waals surface area contributed by atoms with Gasteiger partial charge in [-0.3, -0.25) is 4.90 Å². The third kappa shape index (κ3) is 1.48. The molecule has 0 bridgehead atoms. The molecule has 2 rings (SSSR count). The molecule has 0 aromatic carbocycles. The number of likely N-dealkylation sites (tertiary alicyclic amines) is 1. The second-order valence-electron chi connectivity index (χ2n) is 4.33. The van der Waals surface area contributed by atoms with Gasteiger partial charge in [-0.05, 0) is 20.9 Å². The van der Waals surface area contributed by atoms with E-state index in [0.717, 1.165) is 6.54 Å². The molecule has 1 N–H and O–H groups in total. The number of fused-ring (bicyclic) bond motifs is 1. The molecule has 0 unspecified atom stereocenters. The zero-order valence-electron chi connectivity index (χ0n) is 8.36. The lowest BCUT2D eigenvalue weighted by Gasteiger charge is -2.25. The Morgan fingerprint density at radius 2 is 2.15 bits per heavy atom. The Kier molecular flexibility index (Phi) is 2.11. The Balaban J connectivity index is 2.10. The molecule has 2 heterocycles. The molecular formula is C9H17NO3. The van der Waals surface area contributed by atoms with E-state index in [9.17, 15) is 5.11 Å². The molecule has 4 heteroatoms. The Hall–Kier alpha value is -0.160. The quantitative estimate of drug-likeness (QED) is 0.618. The van der Waals surface area contributed by atoms with E-state index in [1.54, 1.807) is 0 Å². The lowest BCUT2D eigenvalue weighted by Crippen LogP contribution is -2.38. The van der Waals surface area contributed by atoms with Crippen LogP contribution in [0.1, 0.15) is 13.8 Å². The molecule has 0 aromatic rings. The van der Waals surface area contributed by atoms with E-state index in [1.807, 2.05) is 20.9 Å². The summed E-state index contributed by atoms with van der Waals surface area (Å²) in [7, 11) is 1.99. The molecular weight excluding hydrogens is 170 g/mol. The van der Waals surface area contributed by atoms with Gasteiger partial charge in [0.2, 0.25) is 0 Å². The SMILES string of the molecule is CN1C[C@@H]2OC(C)(C)O[C@@H]2[C@H]1CO. The molecule has 0 aliphatic carbocycles. The van der Waals surface area contributed by atoms with Crippen LogP contribution in [0.2, 0.25) is 0 Å². The summed E-state index contributed by atoms with van der Waals surface area (Å²) in [6, 6.07) is 0.0896. The standard InChI is InChI=1S/C9H17NO3/c1-9(2)12-7-4-10(3)6(5-11)8(7)13-9/h6-8,11H,4-5H2,1-3H3/t6-,7+,8-/m1/s1. The van der Waals surface area contributed by atoms with Crippen LogP contribution in [-0.2, 0) is 9.47 Å². The highest BCUT2D eigenvalue weighted by molar-refractivity contribution is 4.98. The van der Waals surface area contributed by atoms with Gasteiger partial charge in [-0.25, -0.2) is 0 Å². The summed E-state index contributed by atoms with van der Waals surface area (Å²) in [5, 5.41) is 9.18. The number of aliphatic hydroxyl groups is 1. The van der Waals surface area contributed by atoms with E-state index in [4.69, 9.17) is 9.47 Å². The Morgan fingerprint density at radius 1 is 1.46 bits per heavy atom. The average molecular weight is 187 g/mol. The maximum atomic E-state index is 9.18. The van der Waals surface area contributed by atoms with Crippen LogP contribution in [0.25, 0.3) is 0 Å². The van der Waals surface area contributed by atoms with Crippen molar-refractivity contribution in [1.29, 1.82) is 0 Å². The zero-order valence-corrected chi connectivity index (χ0v) is 8.36. The number of hydrogen-bond acceptors (Lipinski definition) is 4. The van der Waals surface area contributed by atoms with Crippen molar-refractivity contribution in [2.24, 2.45) is 0 Å². The predicted molar refractivity (Wildman–Crippen MR) is 47.3 cm³/mol. The average Bonchev–Trinajstić information content (AvgIpc) is 2.39. The van der Waals surface area contributed by atoms with E-state index in [1.165, 1.54) is 0 Å². The second-order valence-corrected chi connectivity index (χ2v) is 4.33. The van der Waals surface area contributed by atoms with Gasteiger partial charge >= 0.3 is 0 Å². The first-order valence-electron chi connectivity index (χ1n) is 4.70. The van der Waals surface area contributed by atoms with Crippen molar-refractivity contribution in [3.05, 3.63) is 0 Å². The summed E-state index contributed by atoms with van der Waals surface area (Å²) in [4.78, 5) is 2.09. The van der Waals surface area contributed by atoms with Gasteiger partial charge in [-0.15, -0.1) is 0 Å². The van der Waals surface area contributed by atoms with Gasteiger partial charge in [0.15, 0.2) is 5.79 Å². The third-order valence-corrected chi connectivity index (χ3v) is 2.82. The number of nitrogens with zero attached hydrogens (tertiary/aromatic N) is 1. The summed E-state index contributed by atoms with van der Waals surface area (Å²) >= 11 is 0. The minimum atomic E-state index is -0.482. The molecule has 13 heavy (non-hydrogen) atoms. The van der Waals surface area contributed by atoms with Gasteiger partial charge in [0.1, 0.15) is 12.2 Å². The van der Waals surface area contributed by atoms with E-state index < -0.39 is 5.79 Å². The first kappa shape index (κ1) is 9.40. The summed E-state index contributed by atoms with van der Waals surface area (Å²) in [6.45, 7) is 4.82. The molecule has 2 aliphatic heterocycles. The van der Waals surface area contributed by atoms with Gasteiger partial charge < -0.3 is 14.6 Å². The largest absolute Gasteiger partial charge is 0.395 e. The third-order valence-electron chi connectivity index (χ3n) is 2.82. The van der Waals surface area contributed by atoms with Gasteiger partial charge in [0.25, 0.3) is 0 Å². The van der Waals surface area contributed by atoms with Gasteiger partial charge in [-0.2, -0.15) is 0 Å². The van der Waals surface area contributed by atoms with Crippen LogP contribution in [0.5, 0.6) is 0 Å². The second kappa shape index (κ2) is 2.92. The number of rotatable bonds is 1. The highest BCUT2D eigenvalue weighted by Crippen LogP contribution is 2.35. The maximum absolute atomic E-state index is 9.18. The van der Waals surface area contributed by atoms with Crippen molar-refractivity contribution < 1.29 is 14.6 Å². The molecule has 3 atom stereocenters. The van der Waals surface area contributed by atoms with Crippen LogP contribution < -0.4 is 0 Å². The van der Waals surface area contributed by atoms with Crippen LogP contribution in [0.4, 0.5) is 0 Å². The van der Waals surface area contributed by atoms with Crippen LogP contribution in [0.15, 0.2) is 0 Å². The van der Waals surface area contributed by atoms with Crippen LogP contribution >= 0.6 is 0 Å². The molecule has 2 aliphatic rings. The smallest absolute Gasteiger partial charge is 0.163 e. The molecule has 0 saturated carbocycles. The van der Waals surface area contributed by atoms with Crippen molar-refractivity contribution in [2.75, 3.05) is 20.2 Å². The fourth-order valence-corrected chi connectivity index (χ4v) is 2.24. The lowest BCUT2D eigenvalue weighted by molar-refractivity contribution is -0.161. The van der Waals surface area contributed by atoms with E-state index in [0.29, 0.717) is 0 Å². The molecule has 0 aromatic heterocycles. The molecule has 0 radical (unpaired) electrons. The number of ether oxygens (including phenoxy) is 2. The highest BCUT2D eigenvalue weighted by Gasteiger charge is 2.50. The van der Waals surface area contributed by atoms with E-state index in [-0.39, 0.29) is 24.9 Å². The van der Waals surface area contributed by atoms with Crippen LogP contribution in [-0.4, -0.2) is 54.2 Å². The molecule has 4 nitrogen and oxygen atoms in total. The molecule has 0 spiro atoms. The normalized spacial score (nSPS) is 43.8. The topological polar surface area (TPSA) is 41.9 Å². The van der Waals surface area contributed by atoms with Gasteiger partial charge in [-0.1, -0.05) is 0 Å². The molecule has 0 amide bonds. The molecule has 2 saturated heterocycles. The summed E-state index contributed by atoms with van der Waals surface area (Å²) in [5.74, 6) is -0.482. The fraction of sp³-hybridized carbons (Fsp3) is 1.00. The van der Waals surface area contributed by atoms with Crippen molar-refractivity contribution in [3.63, 3.8) is 0 Å². The highest BCUT2D eigenvalue weighted by atomic mass is 16.8. The monoisotopic (exact) mass is 187 g/mol. The fourth-order valence-electron chi connectivity index (χ4n) is 2.24. The Labute approximate surface area is 78.4 Å². The first-order chi connectivity index (χ1) is 6.03. The first-order valence-corrected chi connectivity index (χ1v) is 4.70. The molecule has 76 valence electrons. The van der Waals surface area contributed by atoms with Crippen molar-refractivity contribution in [3.8, 4) is 0 Å². The van der Waals surface area contributed by atoms with Crippen molar-refractivity contribution in [1.82, 2.24) is 4.90 Å². The van der Waals surface area contributed by atoms with E-state index in [2.05, 4.69) is 4.90 Å². The zero-order chi connectivity index (χ0) is 9.64. The molecule has 2 fully saturated rings.